The second-order valence-electron chi connectivity index (χ2n) is 5.80. The molecule has 0 aromatic carbocycles. The predicted molar refractivity (Wildman–Crippen MR) is 65.5 cm³/mol. The van der Waals surface area contributed by atoms with Crippen molar-refractivity contribution in [1.29, 1.82) is 0 Å². The van der Waals surface area contributed by atoms with Gasteiger partial charge in [-0.05, 0) is 19.3 Å². The Bertz CT molecular complexity index is 272. The summed E-state index contributed by atoms with van der Waals surface area (Å²) in [6.07, 6.45) is 2.25. The number of rotatable bonds is 2. The summed E-state index contributed by atoms with van der Waals surface area (Å²) in [5.41, 5.74) is -0.0465. The number of halogens is 3. The van der Waals surface area contributed by atoms with E-state index in [4.69, 9.17) is 0 Å². The van der Waals surface area contributed by atoms with Crippen molar-refractivity contribution in [1.82, 2.24) is 10.2 Å². The molecule has 0 aromatic rings. The van der Waals surface area contributed by atoms with Gasteiger partial charge in [-0.25, -0.2) is 0 Å². The average Bonchev–Trinajstić information content (AvgIpc) is 2.28. The molecule has 2 nitrogen and oxygen atoms in total. The van der Waals surface area contributed by atoms with Crippen LogP contribution in [0.1, 0.15) is 45.4 Å². The van der Waals surface area contributed by atoms with Gasteiger partial charge in [-0.2, -0.15) is 13.2 Å². The molecule has 0 radical (unpaired) electrons. The molecule has 1 spiro atoms. The molecule has 1 aliphatic carbocycles. The SMILES string of the molecule is CCC1CNC2(CCCCC2)CN1CC(F)(F)F. The van der Waals surface area contributed by atoms with Gasteiger partial charge in [0.15, 0.2) is 0 Å². The van der Waals surface area contributed by atoms with E-state index in [0.29, 0.717) is 13.1 Å². The maximum atomic E-state index is 12.6. The third-order valence-electron chi connectivity index (χ3n) is 4.40. The molecule has 1 heterocycles. The van der Waals surface area contributed by atoms with Crippen LogP contribution in [0, 0.1) is 0 Å². The fraction of sp³-hybridized carbons (Fsp3) is 1.00. The van der Waals surface area contributed by atoms with Crippen molar-refractivity contribution in [3.8, 4) is 0 Å². The van der Waals surface area contributed by atoms with E-state index in [0.717, 1.165) is 32.1 Å². The minimum Gasteiger partial charge on any atom is -0.308 e. The van der Waals surface area contributed by atoms with Gasteiger partial charge >= 0.3 is 6.18 Å². The molecule has 1 saturated heterocycles. The van der Waals surface area contributed by atoms with Gasteiger partial charge in [0.25, 0.3) is 0 Å². The first-order chi connectivity index (χ1) is 8.44. The van der Waals surface area contributed by atoms with Gasteiger partial charge in [-0.1, -0.05) is 26.2 Å². The highest BCUT2D eigenvalue weighted by Gasteiger charge is 2.43. The Kier molecular flexibility index (Phi) is 4.22. The van der Waals surface area contributed by atoms with E-state index >= 15 is 0 Å². The van der Waals surface area contributed by atoms with Crippen LogP contribution in [0.4, 0.5) is 13.2 Å². The van der Waals surface area contributed by atoms with Crippen LogP contribution in [-0.4, -0.2) is 42.3 Å². The maximum Gasteiger partial charge on any atom is 0.401 e. The Balaban J connectivity index is 2.03. The lowest BCUT2D eigenvalue weighted by Gasteiger charge is -2.49. The predicted octanol–water partition coefficient (Wildman–Crippen LogP) is 2.94. The number of hydrogen-bond acceptors (Lipinski definition) is 2. The highest BCUT2D eigenvalue weighted by molar-refractivity contribution is 4.99. The molecular formula is C13H23F3N2. The monoisotopic (exact) mass is 264 g/mol. The number of nitrogens with one attached hydrogen (secondary N) is 1. The molecule has 0 bridgehead atoms. The fourth-order valence-corrected chi connectivity index (χ4v) is 3.42. The van der Waals surface area contributed by atoms with E-state index in [-0.39, 0.29) is 11.6 Å². The smallest absolute Gasteiger partial charge is 0.308 e. The Labute approximate surface area is 107 Å². The van der Waals surface area contributed by atoms with Crippen LogP contribution in [0.5, 0.6) is 0 Å². The fourth-order valence-electron chi connectivity index (χ4n) is 3.42. The molecule has 1 aliphatic heterocycles. The Morgan fingerprint density at radius 1 is 1.22 bits per heavy atom. The molecule has 2 rings (SSSR count). The summed E-state index contributed by atoms with van der Waals surface area (Å²) in [6, 6.07) is 0.0270. The zero-order valence-electron chi connectivity index (χ0n) is 11.0. The number of hydrogen-bond donors (Lipinski definition) is 1. The van der Waals surface area contributed by atoms with Crippen molar-refractivity contribution in [3.63, 3.8) is 0 Å². The average molecular weight is 264 g/mol. The van der Waals surface area contributed by atoms with E-state index in [1.807, 2.05) is 6.92 Å². The molecule has 2 aliphatic rings. The van der Waals surface area contributed by atoms with Crippen molar-refractivity contribution in [2.45, 2.75) is 63.2 Å². The van der Waals surface area contributed by atoms with E-state index in [1.54, 1.807) is 4.90 Å². The lowest BCUT2D eigenvalue weighted by molar-refractivity contribution is -0.157. The first-order valence-electron chi connectivity index (χ1n) is 7.00. The molecule has 2 fully saturated rings. The van der Waals surface area contributed by atoms with Crippen LogP contribution in [0.25, 0.3) is 0 Å². The second-order valence-corrected chi connectivity index (χ2v) is 5.80. The topological polar surface area (TPSA) is 15.3 Å². The van der Waals surface area contributed by atoms with Gasteiger partial charge in [-0.3, -0.25) is 4.90 Å². The zero-order chi connectivity index (χ0) is 13.2. The summed E-state index contributed by atoms with van der Waals surface area (Å²) in [5.74, 6) is 0. The van der Waals surface area contributed by atoms with Crippen LogP contribution in [0.2, 0.25) is 0 Å². The molecule has 106 valence electrons. The summed E-state index contributed by atoms with van der Waals surface area (Å²) in [7, 11) is 0. The van der Waals surface area contributed by atoms with Crippen molar-refractivity contribution >= 4 is 0 Å². The van der Waals surface area contributed by atoms with Crippen LogP contribution < -0.4 is 5.32 Å². The van der Waals surface area contributed by atoms with Gasteiger partial charge in [0.05, 0.1) is 6.54 Å². The highest BCUT2D eigenvalue weighted by atomic mass is 19.4. The van der Waals surface area contributed by atoms with Crippen LogP contribution in [-0.2, 0) is 0 Å². The van der Waals surface area contributed by atoms with Crippen molar-refractivity contribution in [2.24, 2.45) is 0 Å². The van der Waals surface area contributed by atoms with Gasteiger partial charge in [0.1, 0.15) is 0 Å². The minimum atomic E-state index is -4.08. The Morgan fingerprint density at radius 2 is 1.89 bits per heavy atom. The van der Waals surface area contributed by atoms with Crippen LogP contribution >= 0.6 is 0 Å². The lowest BCUT2D eigenvalue weighted by Crippen LogP contribution is -2.65. The normalized spacial score (nSPS) is 29.7. The summed E-state index contributed by atoms with van der Waals surface area (Å²) in [4.78, 5) is 1.65. The molecule has 5 heteroatoms. The van der Waals surface area contributed by atoms with Crippen molar-refractivity contribution in [2.75, 3.05) is 19.6 Å². The maximum absolute atomic E-state index is 12.6. The molecule has 1 saturated carbocycles. The molecule has 1 N–H and O–H groups in total. The summed E-state index contributed by atoms with van der Waals surface area (Å²) < 4.78 is 37.9. The van der Waals surface area contributed by atoms with E-state index in [1.165, 1.54) is 6.42 Å². The van der Waals surface area contributed by atoms with Gasteiger partial charge in [0, 0.05) is 24.7 Å². The first-order valence-corrected chi connectivity index (χ1v) is 7.00. The minimum absolute atomic E-state index is 0.0270. The molecule has 1 unspecified atom stereocenters. The third kappa shape index (κ3) is 3.38. The van der Waals surface area contributed by atoms with Gasteiger partial charge in [-0.15, -0.1) is 0 Å². The number of piperazine rings is 1. The zero-order valence-corrected chi connectivity index (χ0v) is 11.0. The first kappa shape index (κ1) is 14.1. The number of nitrogens with zero attached hydrogens (tertiary/aromatic N) is 1. The lowest BCUT2D eigenvalue weighted by atomic mass is 9.79. The molecule has 0 amide bonds. The Hall–Kier alpha value is -0.290. The number of alkyl halides is 3. The van der Waals surface area contributed by atoms with E-state index in [2.05, 4.69) is 5.32 Å². The van der Waals surface area contributed by atoms with E-state index < -0.39 is 12.7 Å². The van der Waals surface area contributed by atoms with Crippen LogP contribution in [0.3, 0.4) is 0 Å². The summed E-state index contributed by atoms with van der Waals surface area (Å²) in [6.45, 7) is 2.47. The van der Waals surface area contributed by atoms with Gasteiger partial charge < -0.3 is 5.32 Å². The second kappa shape index (κ2) is 5.37. The van der Waals surface area contributed by atoms with Crippen LogP contribution in [0.15, 0.2) is 0 Å². The standard InChI is InChI=1S/C13H23F3N2/c1-2-11-8-17-12(6-4-3-5-7-12)9-18(11)10-13(14,15)16/h11,17H,2-10H2,1H3. The largest absolute Gasteiger partial charge is 0.401 e. The van der Waals surface area contributed by atoms with E-state index in [9.17, 15) is 13.2 Å². The highest BCUT2D eigenvalue weighted by Crippen LogP contribution is 2.33. The molecular weight excluding hydrogens is 241 g/mol. The van der Waals surface area contributed by atoms with Crippen molar-refractivity contribution < 1.29 is 13.2 Å². The van der Waals surface area contributed by atoms with Gasteiger partial charge in [0.2, 0.25) is 0 Å². The Morgan fingerprint density at radius 3 is 2.44 bits per heavy atom. The van der Waals surface area contributed by atoms with Crippen molar-refractivity contribution in [3.05, 3.63) is 0 Å². The molecule has 18 heavy (non-hydrogen) atoms. The molecule has 1 atom stereocenters. The summed E-state index contributed by atoms with van der Waals surface area (Å²) in [5, 5.41) is 3.54. The molecule has 0 aromatic heterocycles. The summed E-state index contributed by atoms with van der Waals surface area (Å²) >= 11 is 0. The third-order valence-corrected chi connectivity index (χ3v) is 4.40. The quantitative estimate of drug-likeness (QED) is 0.825.